The maximum Gasteiger partial charge on any atom is 0.407 e. The number of carbonyl (C=O) groups excluding carboxylic acids is 3. The van der Waals surface area contributed by atoms with Crippen LogP contribution in [0, 0.1) is 13.5 Å². The number of benzene rings is 2. The van der Waals surface area contributed by atoms with E-state index in [4.69, 9.17) is 26.4 Å². The van der Waals surface area contributed by atoms with Crippen LogP contribution in [0.15, 0.2) is 58.6 Å². The molecule has 0 aromatic heterocycles. The van der Waals surface area contributed by atoms with Gasteiger partial charge < -0.3 is 30.1 Å². The summed E-state index contributed by atoms with van der Waals surface area (Å²) in [7, 11) is -1.44. The van der Waals surface area contributed by atoms with E-state index >= 15 is 0 Å². The van der Waals surface area contributed by atoms with Gasteiger partial charge in [-0.25, -0.2) is 14.4 Å². The molecule has 14 nitrogen and oxygen atoms in total. The van der Waals surface area contributed by atoms with Crippen LogP contribution in [0.5, 0.6) is 0 Å². The molecule has 0 saturated heterocycles. The van der Waals surface area contributed by atoms with Gasteiger partial charge in [0, 0.05) is 13.0 Å². The maximum atomic E-state index is 11.1. The lowest BCUT2D eigenvalue weighted by Crippen LogP contribution is -2.46. The first-order chi connectivity index (χ1) is 20.9. The third-order valence-electron chi connectivity index (χ3n) is 5.75. The van der Waals surface area contributed by atoms with Crippen LogP contribution in [0.4, 0.5) is 10.5 Å². The molecule has 2 aromatic carbocycles. The van der Waals surface area contributed by atoms with Gasteiger partial charge in [-0.3, -0.25) is 9.35 Å². The van der Waals surface area contributed by atoms with Crippen molar-refractivity contribution in [1.82, 2.24) is 5.32 Å². The van der Waals surface area contributed by atoms with E-state index in [1.807, 2.05) is 26.0 Å². The summed E-state index contributed by atoms with van der Waals surface area (Å²) in [6.07, 6.45) is 1.59. The number of unbranched alkanes of at least 4 members (excludes halogenated alkanes) is 1. The highest BCUT2D eigenvalue weighted by atomic mass is 32.2. The van der Waals surface area contributed by atoms with Crippen LogP contribution < -0.4 is 11.1 Å². The van der Waals surface area contributed by atoms with Crippen molar-refractivity contribution in [3.8, 4) is 0 Å². The first-order valence-electron chi connectivity index (χ1n) is 13.4. The molecular weight excluding hydrogens is 596 g/mol. The lowest BCUT2D eigenvalue weighted by Gasteiger charge is -2.13. The molecule has 0 bridgehead atoms. The zero-order valence-corrected chi connectivity index (χ0v) is 25.8. The van der Waals surface area contributed by atoms with Crippen LogP contribution in [0.3, 0.4) is 0 Å². The van der Waals surface area contributed by atoms with Gasteiger partial charge in [-0.1, -0.05) is 60.5 Å². The third-order valence-corrected chi connectivity index (χ3v) is 6.62. The van der Waals surface area contributed by atoms with Crippen LogP contribution in [0.25, 0.3) is 4.85 Å². The van der Waals surface area contributed by atoms with Crippen molar-refractivity contribution >= 4 is 39.5 Å². The SMILES string of the molecule is CCCCOC(=O)N[C@@H](CN)C(=O)OC.Cc1ccc(S(=O)(=O)O)cc1.[C-]#[N+]c1ccc(C2=NOC(CC(=O)OC)C2)cc1. The number of ether oxygens (including phenoxy) is 3. The summed E-state index contributed by atoms with van der Waals surface area (Å²) in [6.45, 7) is 11.0. The average Bonchev–Trinajstić information content (AvgIpc) is 3.48. The first-order valence-corrected chi connectivity index (χ1v) is 14.8. The Bertz CT molecular complexity index is 1390. The van der Waals surface area contributed by atoms with Gasteiger partial charge in [0.15, 0.2) is 5.69 Å². The van der Waals surface area contributed by atoms with E-state index in [1.165, 1.54) is 26.4 Å². The first kappa shape index (κ1) is 37.5. The molecule has 15 heteroatoms. The van der Waals surface area contributed by atoms with E-state index < -0.39 is 28.2 Å². The number of oxime groups is 1. The Balaban J connectivity index is 0.000000340. The lowest BCUT2D eigenvalue weighted by atomic mass is 10.0. The van der Waals surface area contributed by atoms with Crippen LogP contribution in [-0.4, -0.2) is 76.2 Å². The Morgan fingerprint density at radius 1 is 1.14 bits per heavy atom. The molecule has 0 aliphatic carbocycles. The normalized spacial score (nSPS) is 14.0. The summed E-state index contributed by atoms with van der Waals surface area (Å²) in [5, 5.41) is 6.28. The second-order valence-corrected chi connectivity index (χ2v) is 10.6. The fourth-order valence-electron chi connectivity index (χ4n) is 3.27. The Kier molecular flexibility index (Phi) is 16.7. The standard InChI is InChI=1S/C13H12N2O3.C9H18N2O4.C7H8O3S/c1-14-10-5-3-9(4-6-10)12-7-11(18-15-12)8-13(16)17-2;1-3-4-5-15-9(13)11-7(6-10)8(12)14-2;1-6-2-4-7(5-3-6)11(8,9)10/h3-6,11H,7-8H2,2H3;7H,3-6,10H2,1-2H3,(H,11,13);2-5H,1H3,(H,8,9,10)/t;7-;/m.0./s1. The number of carbonyl (C=O) groups is 3. The molecular formula is C29H38N4O10S. The summed E-state index contributed by atoms with van der Waals surface area (Å²) >= 11 is 0. The Morgan fingerprint density at radius 2 is 1.77 bits per heavy atom. The Hall–Kier alpha value is -4.52. The van der Waals surface area contributed by atoms with Crippen molar-refractivity contribution in [2.24, 2.45) is 10.9 Å². The second-order valence-electron chi connectivity index (χ2n) is 9.14. The molecule has 3 rings (SSSR count). The third kappa shape index (κ3) is 14.1. The minimum atomic E-state index is -4.02. The minimum Gasteiger partial charge on any atom is -0.469 e. The summed E-state index contributed by atoms with van der Waals surface area (Å²) in [4.78, 5) is 41.7. The molecule has 2 aromatic rings. The van der Waals surface area contributed by atoms with E-state index in [-0.39, 0.29) is 29.9 Å². The van der Waals surface area contributed by atoms with Gasteiger partial charge in [0.2, 0.25) is 0 Å². The van der Waals surface area contributed by atoms with Gasteiger partial charge in [-0.05, 0) is 31.0 Å². The van der Waals surface area contributed by atoms with Crippen molar-refractivity contribution in [2.45, 2.75) is 56.6 Å². The smallest absolute Gasteiger partial charge is 0.407 e. The van der Waals surface area contributed by atoms with E-state index in [2.05, 4.69) is 24.8 Å². The van der Waals surface area contributed by atoms with E-state index in [9.17, 15) is 22.8 Å². The van der Waals surface area contributed by atoms with Gasteiger partial charge >= 0.3 is 18.0 Å². The molecule has 0 fully saturated rings. The number of amides is 1. The van der Waals surface area contributed by atoms with Crippen LogP contribution in [-0.2, 0) is 38.8 Å². The van der Waals surface area contributed by atoms with Gasteiger partial charge in [0.1, 0.15) is 12.1 Å². The molecule has 0 spiro atoms. The van der Waals surface area contributed by atoms with E-state index in [1.54, 1.807) is 24.3 Å². The highest BCUT2D eigenvalue weighted by molar-refractivity contribution is 7.85. The van der Waals surface area contributed by atoms with Crippen LogP contribution in [0.2, 0.25) is 0 Å². The summed E-state index contributed by atoms with van der Waals surface area (Å²) in [5.74, 6) is -0.884. The largest absolute Gasteiger partial charge is 0.469 e. The molecule has 4 N–H and O–H groups in total. The van der Waals surface area contributed by atoms with Crippen molar-refractivity contribution in [3.05, 3.63) is 71.1 Å². The number of hydrogen-bond donors (Lipinski definition) is 3. The molecule has 1 unspecified atom stereocenters. The molecule has 0 radical (unpaired) electrons. The van der Waals surface area contributed by atoms with Gasteiger partial charge in [0.25, 0.3) is 10.1 Å². The van der Waals surface area contributed by atoms with Crippen LogP contribution >= 0.6 is 0 Å². The molecule has 2 atom stereocenters. The monoisotopic (exact) mass is 634 g/mol. The predicted octanol–water partition coefficient (Wildman–Crippen LogP) is 3.55. The summed E-state index contributed by atoms with van der Waals surface area (Å²) in [6, 6.07) is 12.3. The minimum absolute atomic E-state index is 0.0183. The summed E-state index contributed by atoms with van der Waals surface area (Å²) in [5.41, 5.74) is 8.53. The number of hydrogen-bond acceptors (Lipinski definition) is 11. The maximum absolute atomic E-state index is 11.1. The highest BCUT2D eigenvalue weighted by Crippen LogP contribution is 2.21. The number of nitrogens with one attached hydrogen (secondary N) is 1. The Labute approximate surface area is 257 Å². The molecule has 240 valence electrons. The number of nitrogens with zero attached hydrogens (tertiary/aromatic N) is 2. The fourth-order valence-corrected chi connectivity index (χ4v) is 3.75. The zero-order valence-electron chi connectivity index (χ0n) is 25.0. The van der Waals surface area contributed by atoms with E-state index in [0.717, 1.165) is 29.7 Å². The quantitative estimate of drug-likeness (QED) is 0.114. The highest BCUT2D eigenvalue weighted by Gasteiger charge is 2.25. The molecule has 0 saturated carbocycles. The molecule has 44 heavy (non-hydrogen) atoms. The number of rotatable bonds is 10. The van der Waals surface area contributed by atoms with Gasteiger partial charge in [-0.15, -0.1) is 0 Å². The number of methoxy groups -OCH3 is 2. The van der Waals surface area contributed by atoms with Gasteiger partial charge in [0.05, 0.1) is 44.4 Å². The lowest BCUT2D eigenvalue weighted by molar-refractivity contribution is -0.144. The molecule has 1 aliphatic rings. The number of alkyl carbamates (subject to hydrolysis) is 1. The number of esters is 2. The number of nitrogens with two attached hydrogens (primary N) is 1. The van der Waals surface area contributed by atoms with Crippen molar-refractivity contribution in [3.63, 3.8) is 0 Å². The number of aryl methyl sites for hydroxylation is 1. The van der Waals surface area contributed by atoms with Gasteiger partial charge in [-0.2, -0.15) is 8.42 Å². The second kappa shape index (κ2) is 19.6. The molecule has 1 aliphatic heterocycles. The Morgan fingerprint density at radius 3 is 2.27 bits per heavy atom. The van der Waals surface area contributed by atoms with Crippen molar-refractivity contribution in [1.29, 1.82) is 0 Å². The predicted molar refractivity (Wildman–Crippen MR) is 161 cm³/mol. The van der Waals surface area contributed by atoms with E-state index in [0.29, 0.717) is 18.7 Å². The average molecular weight is 635 g/mol. The molecule has 1 amide bonds. The topological polar surface area (TPSA) is 197 Å². The zero-order chi connectivity index (χ0) is 33.1. The summed E-state index contributed by atoms with van der Waals surface area (Å²) < 4.78 is 43.4. The van der Waals surface area contributed by atoms with Crippen molar-refractivity contribution < 1.29 is 46.4 Å². The van der Waals surface area contributed by atoms with Crippen LogP contribution in [0.1, 0.15) is 43.7 Å². The van der Waals surface area contributed by atoms with Crippen molar-refractivity contribution in [2.75, 3.05) is 27.4 Å². The molecule has 1 heterocycles. The fraction of sp³-hybridized carbons (Fsp3) is 0.414.